The highest BCUT2D eigenvalue weighted by atomic mass is 79.9. The Morgan fingerprint density at radius 2 is 2.06 bits per heavy atom. The Morgan fingerprint density at radius 3 is 2.67 bits per heavy atom. The number of carbonyl (C=O) groups excluding carboxylic acids is 1. The van der Waals surface area contributed by atoms with Crippen LogP contribution in [0.4, 0.5) is 13.2 Å². The molecule has 0 saturated carbocycles. The minimum absolute atomic E-state index is 0.00822. The van der Waals surface area contributed by atoms with Crippen molar-refractivity contribution in [2.45, 2.75) is 32.1 Å². The minimum atomic E-state index is -4.81. The maximum atomic E-state index is 12.5. The smallest absolute Gasteiger partial charge is 0.328 e. The van der Waals surface area contributed by atoms with E-state index in [0.29, 0.717) is 6.42 Å². The van der Waals surface area contributed by atoms with Gasteiger partial charge in [-0.15, -0.1) is 0 Å². The molecule has 0 bridgehead atoms. The van der Waals surface area contributed by atoms with Crippen LogP contribution in [0.3, 0.4) is 0 Å². The average molecular weight is 322 g/mol. The third kappa shape index (κ3) is 2.53. The summed E-state index contributed by atoms with van der Waals surface area (Å²) in [5, 5.41) is 0. The van der Waals surface area contributed by atoms with Crippen LogP contribution in [0.2, 0.25) is 0 Å². The summed E-state index contributed by atoms with van der Waals surface area (Å²) in [5.41, 5.74) is 1.76. The van der Waals surface area contributed by atoms with Crippen molar-refractivity contribution in [2.24, 2.45) is 0 Å². The van der Waals surface area contributed by atoms with E-state index in [2.05, 4.69) is 15.9 Å². The molecule has 1 atom stereocenters. The van der Waals surface area contributed by atoms with E-state index in [4.69, 9.17) is 0 Å². The summed E-state index contributed by atoms with van der Waals surface area (Å²) in [7, 11) is 0. The van der Waals surface area contributed by atoms with Crippen molar-refractivity contribution in [3.63, 3.8) is 0 Å². The topological polar surface area (TPSA) is 20.3 Å². The molecule has 1 unspecified atom stereocenters. The van der Waals surface area contributed by atoms with Crippen molar-refractivity contribution in [3.05, 3.63) is 33.8 Å². The van der Waals surface area contributed by atoms with E-state index >= 15 is 0 Å². The summed E-state index contributed by atoms with van der Waals surface area (Å²) in [4.78, 5) is 12.2. The third-order valence-corrected chi connectivity index (χ3v) is 3.55. The second-order valence-corrected chi connectivity index (χ2v) is 5.31. The van der Waals surface area contributed by atoms with Crippen molar-refractivity contribution < 1.29 is 18.0 Å². The Balaban J connectivity index is 2.30. The van der Waals surface area contributed by atoms with Crippen molar-refractivity contribution in [2.75, 3.05) is 0 Å². The molecule has 0 aromatic heterocycles. The number of benzene rings is 1. The van der Waals surface area contributed by atoms with Crippen LogP contribution < -0.4 is 0 Å². The molecule has 6 heteroatoms. The Bertz CT molecular complexity index is 487. The highest BCUT2D eigenvalue weighted by Gasteiger charge is 2.44. The summed E-state index contributed by atoms with van der Waals surface area (Å²) in [6.07, 6.45) is -4.36. The van der Waals surface area contributed by atoms with Crippen LogP contribution in [0.15, 0.2) is 22.7 Å². The third-order valence-electron chi connectivity index (χ3n) is 3.06. The van der Waals surface area contributed by atoms with E-state index in [1.54, 1.807) is 13.0 Å². The molecule has 0 aliphatic carbocycles. The SMILES string of the molecule is CC1Cc2ccc(Br)cc2CN1C(=O)C(F)(F)F. The van der Waals surface area contributed by atoms with Gasteiger partial charge in [-0.2, -0.15) is 13.2 Å². The van der Waals surface area contributed by atoms with Gasteiger partial charge in [0.1, 0.15) is 0 Å². The number of carbonyl (C=O) groups is 1. The fourth-order valence-electron chi connectivity index (χ4n) is 2.14. The molecule has 18 heavy (non-hydrogen) atoms. The molecular formula is C12H11BrF3NO. The summed E-state index contributed by atoms with van der Waals surface area (Å²) in [6, 6.07) is 5.06. The Kier molecular flexibility index (Phi) is 3.40. The van der Waals surface area contributed by atoms with Gasteiger partial charge in [-0.25, -0.2) is 0 Å². The monoisotopic (exact) mass is 321 g/mol. The standard InChI is InChI=1S/C12H11BrF3NO/c1-7-4-8-2-3-10(13)5-9(8)6-17(7)11(18)12(14,15)16/h2-3,5,7H,4,6H2,1H3. The van der Waals surface area contributed by atoms with E-state index in [1.807, 2.05) is 12.1 Å². The van der Waals surface area contributed by atoms with E-state index in [-0.39, 0.29) is 6.54 Å². The predicted molar refractivity (Wildman–Crippen MR) is 63.9 cm³/mol. The summed E-state index contributed by atoms with van der Waals surface area (Å²) >= 11 is 3.28. The lowest BCUT2D eigenvalue weighted by atomic mass is 9.95. The predicted octanol–water partition coefficient (Wildman–Crippen LogP) is 3.28. The molecule has 0 fully saturated rings. The quantitative estimate of drug-likeness (QED) is 0.718. The average Bonchev–Trinajstić information content (AvgIpc) is 2.26. The van der Waals surface area contributed by atoms with E-state index in [0.717, 1.165) is 20.5 Å². The Morgan fingerprint density at radius 1 is 1.39 bits per heavy atom. The van der Waals surface area contributed by atoms with Crippen LogP contribution in [0.1, 0.15) is 18.1 Å². The van der Waals surface area contributed by atoms with Gasteiger partial charge in [-0.3, -0.25) is 4.79 Å². The first-order chi connectivity index (χ1) is 8.29. The molecule has 0 spiro atoms. The highest BCUT2D eigenvalue weighted by molar-refractivity contribution is 9.10. The van der Waals surface area contributed by atoms with Crippen LogP contribution in [-0.2, 0) is 17.8 Å². The molecule has 1 aliphatic rings. The van der Waals surface area contributed by atoms with Crippen LogP contribution >= 0.6 is 15.9 Å². The van der Waals surface area contributed by atoms with E-state index < -0.39 is 18.1 Å². The van der Waals surface area contributed by atoms with Crippen LogP contribution in [0, 0.1) is 0 Å². The van der Waals surface area contributed by atoms with Crippen molar-refractivity contribution in [3.8, 4) is 0 Å². The molecule has 0 radical (unpaired) electrons. The van der Waals surface area contributed by atoms with Crippen LogP contribution in [-0.4, -0.2) is 23.0 Å². The summed E-state index contributed by atoms with van der Waals surface area (Å²) in [6.45, 7) is 1.64. The van der Waals surface area contributed by atoms with Crippen LogP contribution in [0.5, 0.6) is 0 Å². The Hall–Kier alpha value is -1.04. The fourth-order valence-corrected chi connectivity index (χ4v) is 2.55. The fraction of sp³-hybridized carbons (Fsp3) is 0.417. The van der Waals surface area contributed by atoms with Gasteiger partial charge in [0.25, 0.3) is 0 Å². The highest BCUT2D eigenvalue weighted by Crippen LogP contribution is 2.29. The second-order valence-electron chi connectivity index (χ2n) is 4.40. The molecule has 1 aliphatic heterocycles. The second kappa shape index (κ2) is 4.57. The number of hydrogen-bond donors (Lipinski definition) is 0. The van der Waals surface area contributed by atoms with Gasteiger partial charge in [-0.1, -0.05) is 22.0 Å². The van der Waals surface area contributed by atoms with E-state index in [9.17, 15) is 18.0 Å². The van der Waals surface area contributed by atoms with Crippen molar-refractivity contribution >= 4 is 21.8 Å². The first-order valence-electron chi connectivity index (χ1n) is 5.44. The molecular weight excluding hydrogens is 311 g/mol. The molecule has 98 valence electrons. The lowest BCUT2D eigenvalue weighted by Crippen LogP contribution is -2.48. The molecule has 1 aromatic rings. The van der Waals surface area contributed by atoms with Gasteiger partial charge in [0.15, 0.2) is 0 Å². The van der Waals surface area contributed by atoms with Crippen molar-refractivity contribution in [1.82, 2.24) is 4.90 Å². The number of amides is 1. The maximum Gasteiger partial charge on any atom is 0.471 e. The Labute approximate surface area is 111 Å². The molecule has 1 aromatic carbocycles. The number of fused-ring (bicyclic) bond motifs is 1. The van der Waals surface area contributed by atoms with Gasteiger partial charge in [0.2, 0.25) is 0 Å². The largest absolute Gasteiger partial charge is 0.471 e. The normalized spacial score (nSPS) is 19.6. The molecule has 1 heterocycles. The van der Waals surface area contributed by atoms with Gasteiger partial charge >= 0.3 is 12.1 Å². The zero-order chi connectivity index (χ0) is 13.5. The van der Waals surface area contributed by atoms with Crippen molar-refractivity contribution in [1.29, 1.82) is 0 Å². The van der Waals surface area contributed by atoms with Gasteiger partial charge in [0.05, 0.1) is 0 Å². The first kappa shape index (κ1) is 13.4. The van der Waals surface area contributed by atoms with Gasteiger partial charge in [-0.05, 0) is 36.6 Å². The number of rotatable bonds is 0. The van der Waals surface area contributed by atoms with Gasteiger partial charge < -0.3 is 4.90 Å². The lowest BCUT2D eigenvalue weighted by molar-refractivity contribution is -0.188. The summed E-state index contributed by atoms with van der Waals surface area (Å²) < 4.78 is 38.2. The zero-order valence-electron chi connectivity index (χ0n) is 9.59. The molecule has 0 saturated heterocycles. The first-order valence-corrected chi connectivity index (χ1v) is 6.23. The maximum absolute atomic E-state index is 12.5. The summed E-state index contributed by atoms with van der Waals surface area (Å²) in [5.74, 6) is -1.76. The zero-order valence-corrected chi connectivity index (χ0v) is 11.2. The van der Waals surface area contributed by atoms with E-state index in [1.165, 1.54) is 0 Å². The van der Waals surface area contributed by atoms with Crippen LogP contribution in [0.25, 0.3) is 0 Å². The number of nitrogens with zero attached hydrogens (tertiary/aromatic N) is 1. The molecule has 2 rings (SSSR count). The number of alkyl halides is 3. The molecule has 1 amide bonds. The molecule has 0 N–H and O–H groups in total. The van der Waals surface area contributed by atoms with Gasteiger partial charge in [0, 0.05) is 17.1 Å². The number of hydrogen-bond acceptors (Lipinski definition) is 1. The number of halogens is 4. The lowest BCUT2D eigenvalue weighted by Gasteiger charge is -2.35. The minimum Gasteiger partial charge on any atom is -0.328 e. The molecule has 2 nitrogen and oxygen atoms in total.